The molecule has 16 heavy (non-hydrogen) atoms. The Morgan fingerprint density at radius 3 is 3.00 bits per heavy atom. The van der Waals surface area contributed by atoms with Crippen molar-refractivity contribution in [2.75, 3.05) is 5.32 Å². The SMILES string of the molecule is CCCn1nccc1NCc1ccc(Cl)o1. The monoisotopic (exact) mass is 239 g/mol. The molecule has 4 nitrogen and oxygen atoms in total. The van der Waals surface area contributed by atoms with Gasteiger partial charge in [0.1, 0.15) is 11.6 Å². The van der Waals surface area contributed by atoms with Gasteiger partial charge in [-0.2, -0.15) is 5.10 Å². The summed E-state index contributed by atoms with van der Waals surface area (Å²) in [5, 5.41) is 7.89. The Kier molecular flexibility index (Phi) is 3.51. The maximum Gasteiger partial charge on any atom is 0.193 e. The zero-order valence-electron chi connectivity index (χ0n) is 9.11. The third-order valence-electron chi connectivity index (χ3n) is 2.22. The molecule has 0 spiro atoms. The van der Waals surface area contributed by atoms with E-state index in [-0.39, 0.29) is 0 Å². The summed E-state index contributed by atoms with van der Waals surface area (Å²) in [5.74, 6) is 1.81. The molecule has 0 saturated heterocycles. The molecule has 2 rings (SSSR count). The fraction of sp³-hybridized carbons (Fsp3) is 0.364. The third-order valence-corrected chi connectivity index (χ3v) is 2.43. The van der Waals surface area contributed by atoms with Crippen LogP contribution >= 0.6 is 11.6 Å². The number of rotatable bonds is 5. The van der Waals surface area contributed by atoms with Crippen molar-refractivity contribution in [3.05, 3.63) is 35.4 Å². The Morgan fingerprint density at radius 2 is 2.31 bits per heavy atom. The lowest BCUT2D eigenvalue weighted by Gasteiger charge is -2.07. The summed E-state index contributed by atoms with van der Waals surface area (Å²) in [6, 6.07) is 5.54. The number of furan rings is 1. The maximum atomic E-state index is 5.69. The van der Waals surface area contributed by atoms with Crippen molar-refractivity contribution in [2.45, 2.75) is 26.4 Å². The van der Waals surface area contributed by atoms with Crippen LogP contribution in [-0.4, -0.2) is 9.78 Å². The summed E-state index contributed by atoms with van der Waals surface area (Å²) in [5.41, 5.74) is 0. The average molecular weight is 240 g/mol. The standard InChI is InChI=1S/C11H14ClN3O/c1-2-7-15-11(5-6-14-15)13-8-9-3-4-10(12)16-9/h3-6,13H,2,7-8H2,1H3. The second-order valence-electron chi connectivity index (χ2n) is 3.50. The van der Waals surface area contributed by atoms with Gasteiger partial charge >= 0.3 is 0 Å². The molecule has 0 atom stereocenters. The van der Waals surface area contributed by atoms with E-state index in [0.29, 0.717) is 11.8 Å². The van der Waals surface area contributed by atoms with Crippen LogP contribution in [0, 0.1) is 0 Å². The van der Waals surface area contributed by atoms with Crippen LogP contribution in [0.1, 0.15) is 19.1 Å². The van der Waals surface area contributed by atoms with Crippen molar-refractivity contribution >= 4 is 17.4 Å². The van der Waals surface area contributed by atoms with Crippen LogP contribution in [0.5, 0.6) is 0 Å². The van der Waals surface area contributed by atoms with Crippen molar-refractivity contribution in [1.82, 2.24) is 9.78 Å². The van der Waals surface area contributed by atoms with Gasteiger partial charge in [0.2, 0.25) is 0 Å². The number of anilines is 1. The minimum Gasteiger partial charge on any atom is -0.448 e. The first-order valence-electron chi connectivity index (χ1n) is 5.29. The maximum absolute atomic E-state index is 5.69. The molecule has 0 radical (unpaired) electrons. The van der Waals surface area contributed by atoms with E-state index >= 15 is 0 Å². The minimum atomic E-state index is 0.416. The molecule has 0 aromatic carbocycles. The molecule has 5 heteroatoms. The van der Waals surface area contributed by atoms with Gasteiger partial charge in [-0.15, -0.1) is 0 Å². The topological polar surface area (TPSA) is 43.0 Å². The fourth-order valence-corrected chi connectivity index (χ4v) is 1.66. The highest BCUT2D eigenvalue weighted by molar-refractivity contribution is 6.28. The molecular weight excluding hydrogens is 226 g/mol. The van der Waals surface area contributed by atoms with E-state index in [0.717, 1.165) is 24.5 Å². The number of nitrogens with one attached hydrogen (secondary N) is 1. The molecule has 0 aliphatic carbocycles. The van der Waals surface area contributed by atoms with Crippen molar-refractivity contribution in [2.24, 2.45) is 0 Å². The van der Waals surface area contributed by atoms with Crippen molar-refractivity contribution in [3.63, 3.8) is 0 Å². The van der Waals surface area contributed by atoms with Crippen LogP contribution < -0.4 is 5.32 Å². The molecule has 2 aromatic rings. The van der Waals surface area contributed by atoms with Crippen molar-refractivity contribution < 1.29 is 4.42 Å². The van der Waals surface area contributed by atoms with Gasteiger partial charge in [0.25, 0.3) is 0 Å². The van der Waals surface area contributed by atoms with E-state index in [2.05, 4.69) is 17.3 Å². The van der Waals surface area contributed by atoms with Gasteiger partial charge in [-0.25, -0.2) is 4.68 Å². The first kappa shape index (κ1) is 11.1. The van der Waals surface area contributed by atoms with Gasteiger partial charge in [0, 0.05) is 12.6 Å². The number of aryl methyl sites for hydroxylation is 1. The average Bonchev–Trinajstić information content (AvgIpc) is 2.85. The third kappa shape index (κ3) is 2.58. The second kappa shape index (κ2) is 5.07. The van der Waals surface area contributed by atoms with Gasteiger partial charge in [-0.3, -0.25) is 0 Å². The van der Waals surface area contributed by atoms with Crippen LogP contribution in [0.15, 0.2) is 28.8 Å². The summed E-state index contributed by atoms with van der Waals surface area (Å²) < 4.78 is 7.19. The van der Waals surface area contributed by atoms with E-state index in [9.17, 15) is 0 Å². The normalized spacial score (nSPS) is 10.6. The molecule has 2 aromatic heterocycles. The van der Waals surface area contributed by atoms with Gasteiger partial charge < -0.3 is 9.73 Å². The first-order chi connectivity index (χ1) is 7.79. The van der Waals surface area contributed by atoms with Crippen molar-refractivity contribution in [3.8, 4) is 0 Å². The summed E-state index contributed by atoms with van der Waals surface area (Å²) in [6.45, 7) is 3.65. The molecule has 0 fully saturated rings. The highest BCUT2D eigenvalue weighted by Gasteiger charge is 2.03. The molecule has 0 unspecified atom stereocenters. The lowest BCUT2D eigenvalue weighted by molar-refractivity contribution is 0.518. The molecule has 1 N–H and O–H groups in total. The molecule has 86 valence electrons. The molecule has 0 aliphatic heterocycles. The molecule has 0 aliphatic rings. The lowest BCUT2D eigenvalue weighted by atomic mass is 10.4. The minimum absolute atomic E-state index is 0.416. The number of nitrogens with zero attached hydrogens (tertiary/aromatic N) is 2. The van der Waals surface area contributed by atoms with Crippen LogP contribution in [-0.2, 0) is 13.1 Å². The Bertz CT molecular complexity index is 450. The highest BCUT2D eigenvalue weighted by Crippen LogP contribution is 2.15. The first-order valence-corrected chi connectivity index (χ1v) is 5.67. The number of halogens is 1. The zero-order chi connectivity index (χ0) is 11.4. The van der Waals surface area contributed by atoms with Crippen LogP contribution in [0.4, 0.5) is 5.82 Å². The predicted molar refractivity (Wildman–Crippen MR) is 63.6 cm³/mol. The van der Waals surface area contributed by atoms with E-state index in [1.807, 2.05) is 16.8 Å². The highest BCUT2D eigenvalue weighted by atomic mass is 35.5. The van der Waals surface area contributed by atoms with Gasteiger partial charge in [-0.1, -0.05) is 6.92 Å². The number of hydrogen-bond donors (Lipinski definition) is 1. The Labute approximate surface area is 99.2 Å². The van der Waals surface area contributed by atoms with Gasteiger partial charge in [-0.05, 0) is 30.2 Å². The van der Waals surface area contributed by atoms with Crippen LogP contribution in [0.25, 0.3) is 0 Å². The van der Waals surface area contributed by atoms with Crippen LogP contribution in [0.3, 0.4) is 0 Å². The lowest BCUT2D eigenvalue weighted by Crippen LogP contribution is -2.07. The second-order valence-corrected chi connectivity index (χ2v) is 3.87. The Morgan fingerprint density at radius 1 is 1.44 bits per heavy atom. The Hall–Kier alpha value is -1.42. The predicted octanol–water partition coefficient (Wildman–Crippen LogP) is 3.15. The summed E-state index contributed by atoms with van der Waals surface area (Å²) in [4.78, 5) is 0. The fourth-order valence-electron chi connectivity index (χ4n) is 1.50. The summed E-state index contributed by atoms with van der Waals surface area (Å²) >= 11 is 5.69. The van der Waals surface area contributed by atoms with Gasteiger partial charge in [0.05, 0.1) is 12.7 Å². The van der Waals surface area contributed by atoms with E-state index in [4.69, 9.17) is 16.0 Å². The van der Waals surface area contributed by atoms with Gasteiger partial charge in [0.15, 0.2) is 5.22 Å². The quantitative estimate of drug-likeness (QED) is 0.872. The molecule has 0 amide bonds. The molecular formula is C11H14ClN3O. The smallest absolute Gasteiger partial charge is 0.193 e. The largest absolute Gasteiger partial charge is 0.448 e. The van der Waals surface area contributed by atoms with Crippen LogP contribution in [0.2, 0.25) is 5.22 Å². The van der Waals surface area contributed by atoms with E-state index in [1.165, 1.54) is 0 Å². The summed E-state index contributed by atoms with van der Waals surface area (Å²) in [6.07, 6.45) is 2.84. The Balaban J connectivity index is 1.96. The molecule has 2 heterocycles. The number of aromatic nitrogens is 2. The summed E-state index contributed by atoms with van der Waals surface area (Å²) in [7, 11) is 0. The van der Waals surface area contributed by atoms with E-state index in [1.54, 1.807) is 12.3 Å². The molecule has 0 saturated carbocycles. The number of hydrogen-bond acceptors (Lipinski definition) is 3. The zero-order valence-corrected chi connectivity index (χ0v) is 9.87. The van der Waals surface area contributed by atoms with E-state index < -0.39 is 0 Å². The van der Waals surface area contributed by atoms with Crippen molar-refractivity contribution in [1.29, 1.82) is 0 Å². The molecule has 0 bridgehead atoms.